The number of nitrogens with one attached hydrogen (secondary N) is 1. The molecule has 0 unspecified atom stereocenters. The van der Waals surface area contributed by atoms with E-state index in [-0.39, 0.29) is 23.9 Å². The minimum atomic E-state index is -0.416. The van der Waals surface area contributed by atoms with Gasteiger partial charge in [-0.05, 0) is 51.8 Å². The lowest BCUT2D eigenvalue weighted by atomic mass is 10.1. The van der Waals surface area contributed by atoms with Gasteiger partial charge in [0.25, 0.3) is 11.9 Å². The summed E-state index contributed by atoms with van der Waals surface area (Å²) in [5.74, 6) is -0.293. The fraction of sp³-hybridized carbons (Fsp3) is 0.250. The standard InChI is InChI=1S/C24H24N6O2/c1-13-12-21(19-8-6-7-9-20(19)25-13)27-22(31)11-10-18-16(4)29-30(17(18)5)24-26-15(3)14(2)23(32)28-24/h6-9,12H,2,10-11H2,1,3-5H3,(H,25,27,31). The molecule has 2 aromatic heterocycles. The lowest BCUT2D eigenvalue weighted by Gasteiger charge is -2.11. The van der Waals surface area contributed by atoms with Gasteiger partial charge < -0.3 is 5.32 Å². The number of nitrogens with zero attached hydrogens (tertiary/aromatic N) is 5. The van der Waals surface area contributed by atoms with Crippen molar-refractivity contribution < 1.29 is 9.59 Å². The van der Waals surface area contributed by atoms with Crippen LogP contribution in [0.2, 0.25) is 0 Å². The van der Waals surface area contributed by atoms with Crippen LogP contribution in [-0.4, -0.2) is 38.3 Å². The number of pyridine rings is 1. The zero-order valence-electron chi connectivity index (χ0n) is 18.6. The number of aliphatic imine (C=N–C) groups is 2. The van der Waals surface area contributed by atoms with Crippen LogP contribution in [0.15, 0.2) is 52.5 Å². The second kappa shape index (κ2) is 8.30. The molecule has 0 atom stereocenters. The molecule has 8 heteroatoms. The monoisotopic (exact) mass is 428 g/mol. The van der Waals surface area contributed by atoms with Crippen molar-refractivity contribution >= 4 is 40.1 Å². The first kappa shape index (κ1) is 21.3. The molecule has 1 aliphatic rings. The molecule has 0 radical (unpaired) electrons. The number of carbonyl (C=O) groups excluding carboxylic acids is 2. The molecule has 32 heavy (non-hydrogen) atoms. The zero-order valence-corrected chi connectivity index (χ0v) is 18.6. The number of carbonyl (C=O) groups is 2. The van der Waals surface area contributed by atoms with Crippen LogP contribution in [-0.2, 0) is 16.0 Å². The van der Waals surface area contributed by atoms with Crippen LogP contribution in [0.25, 0.3) is 10.9 Å². The van der Waals surface area contributed by atoms with Crippen molar-refractivity contribution in [3.8, 4) is 0 Å². The minimum Gasteiger partial charge on any atom is -0.325 e. The molecule has 2 amide bonds. The van der Waals surface area contributed by atoms with Gasteiger partial charge in [0, 0.05) is 23.2 Å². The third-order valence-electron chi connectivity index (χ3n) is 5.52. The molecular weight excluding hydrogens is 404 g/mol. The number of benzene rings is 1. The van der Waals surface area contributed by atoms with E-state index in [1.807, 2.05) is 51.1 Å². The highest BCUT2D eigenvalue weighted by Gasteiger charge is 2.22. The van der Waals surface area contributed by atoms with Crippen molar-refractivity contribution in [2.75, 3.05) is 5.32 Å². The van der Waals surface area contributed by atoms with Crippen LogP contribution >= 0.6 is 0 Å². The Morgan fingerprint density at radius 3 is 2.62 bits per heavy atom. The molecular formula is C24H24N6O2. The zero-order chi connectivity index (χ0) is 23.0. The number of anilines is 1. The van der Waals surface area contributed by atoms with Gasteiger partial charge in [-0.25, -0.2) is 9.67 Å². The summed E-state index contributed by atoms with van der Waals surface area (Å²) in [5.41, 5.74) is 5.75. The Morgan fingerprint density at radius 1 is 1.12 bits per heavy atom. The first-order chi connectivity index (χ1) is 15.2. The van der Waals surface area contributed by atoms with Crippen molar-refractivity contribution in [1.29, 1.82) is 0 Å². The fourth-order valence-corrected chi connectivity index (χ4v) is 3.74. The van der Waals surface area contributed by atoms with Crippen molar-refractivity contribution in [2.45, 2.75) is 40.5 Å². The van der Waals surface area contributed by atoms with Gasteiger partial charge >= 0.3 is 0 Å². The Morgan fingerprint density at radius 2 is 1.88 bits per heavy atom. The van der Waals surface area contributed by atoms with E-state index >= 15 is 0 Å². The van der Waals surface area contributed by atoms with E-state index in [0.717, 1.165) is 39.2 Å². The predicted octanol–water partition coefficient (Wildman–Crippen LogP) is 3.69. The third-order valence-corrected chi connectivity index (χ3v) is 5.52. The van der Waals surface area contributed by atoms with Crippen LogP contribution in [0, 0.1) is 20.8 Å². The van der Waals surface area contributed by atoms with Gasteiger partial charge in [-0.2, -0.15) is 10.1 Å². The summed E-state index contributed by atoms with van der Waals surface area (Å²) in [6.45, 7) is 11.1. The van der Waals surface area contributed by atoms with Crippen molar-refractivity contribution in [3.63, 3.8) is 0 Å². The molecule has 0 bridgehead atoms. The Bertz CT molecular complexity index is 1350. The predicted molar refractivity (Wildman–Crippen MR) is 125 cm³/mol. The van der Waals surface area contributed by atoms with Crippen LogP contribution in [0.5, 0.6) is 0 Å². The van der Waals surface area contributed by atoms with E-state index in [0.29, 0.717) is 12.1 Å². The Hall–Kier alpha value is -3.94. The first-order valence-electron chi connectivity index (χ1n) is 10.3. The lowest BCUT2D eigenvalue weighted by Crippen LogP contribution is -2.23. The van der Waals surface area contributed by atoms with Crippen LogP contribution < -0.4 is 5.32 Å². The smallest absolute Gasteiger partial charge is 0.281 e. The molecule has 3 heterocycles. The summed E-state index contributed by atoms with van der Waals surface area (Å²) in [6.07, 6.45) is 0.787. The summed E-state index contributed by atoms with van der Waals surface area (Å²) in [7, 11) is 0. The van der Waals surface area contributed by atoms with E-state index in [4.69, 9.17) is 0 Å². The van der Waals surface area contributed by atoms with E-state index < -0.39 is 5.91 Å². The minimum absolute atomic E-state index is 0.0948. The second-order valence-corrected chi connectivity index (χ2v) is 7.83. The van der Waals surface area contributed by atoms with Crippen LogP contribution in [0.1, 0.15) is 36.0 Å². The first-order valence-corrected chi connectivity index (χ1v) is 10.3. The number of fused-ring (bicyclic) bond motifs is 1. The number of hydrogen-bond acceptors (Lipinski definition) is 5. The summed E-state index contributed by atoms with van der Waals surface area (Å²) in [4.78, 5) is 37.6. The average Bonchev–Trinajstić information content (AvgIpc) is 3.03. The van der Waals surface area contributed by atoms with E-state index in [9.17, 15) is 9.59 Å². The number of aromatic nitrogens is 3. The Kier molecular flexibility index (Phi) is 5.52. The third kappa shape index (κ3) is 3.99. The lowest BCUT2D eigenvalue weighted by molar-refractivity contribution is -0.116. The summed E-state index contributed by atoms with van der Waals surface area (Å²) in [5, 5.41) is 8.42. The van der Waals surface area contributed by atoms with Crippen LogP contribution in [0.4, 0.5) is 5.69 Å². The van der Waals surface area contributed by atoms with E-state index in [2.05, 4.69) is 32.0 Å². The topological polar surface area (TPSA) is 102 Å². The molecule has 0 saturated carbocycles. The molecule has 0 saturated heterocycles. The highest BCUT2D eigenvalue weighted by molar-refractivity contribution is 6.27. The number of hydrogen-bond donors (Lipinski definition) is 1. The molecule has 4 rings (SSSR count). The van der Waals surface area contributed by atoms with Crippen molar-refractivity contribution in [1.82, 2.24) is 14.8 Å². The molecule has 3 aromatic rings. The summed E-state index contributed by atoms with van der Waals surface area (Å²) in [6, 6.07) is 9.60. The molecule has 8 nitrogen and oxygen atoms in total. The van der Waals surface area contributed by atoms with Gasteiger partial charge in [0.15, 0.2) is 0 Å². The van der Waals surface area contributed by atoms with Crippen molar-refractivity contribution in [2.24, 2.45) is 9.98 Å². The maximum atomic E-state index is 12.7. The number of rotatable bonds is 4. The number of para-hydroxylation sites is 1. The van der Waals surface area contributed by atoms with Crippen molar-refractivity contribution in [3.05, 3.63) is 65.1 Å². The maximum absolute atomic E-state index is 12.7. The average molecular weight is 428 g/mol. The van der Waals surface area contributed by atoms with E-state index in [1.165, 1.54) is 0 Å². The second-order valence-electron chi connectivity index (χ2n) is 7.83. The molecule has 1 N–H and O–H groups in total. The Labute approximate surface area is 185 Å². The van der Waals surface area contributed by atoms with Gasteiger partial charge in [0.2, 0.25) is 5.91 Å². The molecule has 1 aromatic carbocycles. The summed E-state index contributed by atoms with van der Waals surface area (Å²) < 4.78 is 1.55. The number of amides is 2. The highest BCUT2D eigenvalue weighted by atomic mass is 16.2. The van der Waals surface area contributed by atoms with Crippen LogP contribution in [0.3, 0.4) is 0 Å². The van der Waals surface area contributed by atoms with Gasteiger partial charge in [0.1, 0.15) is 0 Å². The molecule has 0 fully saturated rings. The highest BCUT2D eigenvalue weighted by Crippen LogP contribution is 2.24. The quantitative estimate of drug-likeness (QED) is 0.640. The fourth-order valence-electron chi connectivity index (χ4n) is 3.74. The molecule has 0 aliphatic carbocycles. The van der Waals surface area contributed by atoms with Gasteiger partial charge in [-0.3, -0.25) is 14.6 Å². The normalized spacial score (nSPS) is 13.9. The molecule has 1 aliphatic heterocycles. The Balaban J connectivity index is 1.52. The van der Waals surface area contributed by atoms with E-state index in [1.54, 1.807) is 11.6 Å². The summed E-state index contributed by atoms with van der Waals surface area (Å²) >= 11 is 0. The molecule has 162 valence electrons. The van der Waals surface area contributed by atoms with Gasteiger partial charge in [-0.1, -0.05) is 24.8 Å². The van der Waals surface area contributed by atoms with Gasteiger partial charge in [0.05, 0.1) is 28.2 Å². The largest absolute Gasteiger partial charge is 0.325 e. The SMILES string of the molecule is C=C1C(=O)N=C(n2nc(C)c(CCC(=O)Nc3cc(C)nc4ccccc34)c2C)N=C1C. The maximum Gasteiger partial charge on any atom is 0.281 e. The van der Waals surface area contributed by atoms with Gasteiger partial charge in [-0.15, -0.1) is 0 Å². The molecule has 0 spiro atoms. The number of aryl methyl sites for hydroxylation is 2.